The molecule has 0 radical (unpaired) electrons. The van der Waals surface area contributed by atoms with Crippen molar-refractivity contribution < 1.29 is 0 Å². The lowest BCUT2D eigenvalue weighted by molar-refractivity contribution is 0.0959. The highest BCUT2D eigenvalue weighted by molar-refractivity contribution is 5.27. The lowest BCUT2D eigenvalue weighted by Crippen LogP contribution is -2.50. The number of nitrogens with one attached hydrogen (secondary N) is 1. The van der Waals surface area contributed by atoms with Gasteiger partial charge in [-0.25, -0.2) is 0 Å². The highest BCUT2D eigenvalue weighted by atomic mass is 15.2. The molecule has 2 heteroatoms. The van der Waals surface area contributed by atoms with E-state index in [0.29, 0.717) is 5.54 Å². The number of hydrogen-bond acceptors (Lipinski definition) is 2. The molecule has 3 rings (SSSR count). The summed E-state index contributed by atoms with van der Waals surface area (Å²) in [6, 6.07) is 12.4. The van der Waals surface area contributed by atoms with Crippen LogP contribution in [0.25, 0.3) is 0 Å². The fourth-order valence-electron chi connectivity index (χ4n) is 3.47. The fraction of sp³-hybridized carbons (Fsp3) is 0.667. The van der Waals surface area contributed by atoms with Gasteiger partial charge in [-0.2, -0.15) is 0 Å². The molecule has 1 saturated heterocycles. The zero-order valence-electron chi connectivity index (χ0n) is 13.1. The largest absolute Gasteiger partial charge is 0.311 e. The molecular formula is C18H28N2. The van der Waals surface area contributed by atoms with Crippen LogP contribution >= 0.6 is 0 Å². The van der Waals surface area contributed by atoms with Gasteiger partial charge in [0.15, 0.2) is 0 Å². The zero-order chi connectivity index (χ0) is 14.2. The van der Waals surface area contributed by atoms with Crippen molar-refractivity contribution in [2.24, 2.45) is 0 Å². The predicted octanol–water partition coefficient (Wildman–Crippen LogP) is 3.40. The molecule has 1 heterocycles. The van der Waals surface area contributed by atoms with Crippen LogP contribution in [-0.2, 0) is 0 Å². The first-order valence-corrected chi connectivity index (χ1v) is 8.10. The minimum Gasteiger partial charge on any atom is -0.311 e. The third-order valence-corrected chi connectivity index (χ3v) is 4.91. The van der Waals surface area contributed by atoms with E-state index in [1.54, 1.807) is 0 Å². The number of nitrogens with zero attached hydrogens (tertiary/aromatic N) is 1. The molecule has 2 nitrogen and oxygen atoms in total. The van der Waals surface area contributed by atoms with E-state index in [9.17, 15) is 0 Å². The van der Waals surface area contributed by atoms with Crippen molar-refractivity contribution in [3.8, 4) is 0 Å². The quantitative estimate of drug-likeness (QED) is 0.907. The number of piperidine rings is 1. The van der Waals surface area contributed by atoms with Gasteiger partial charge in [0.05, 0.1) is 0 Å². The molecule has 0 spiro atoms. The maximum atomic E-state index is 3.89. The molecule has 0 amide bonds. The maximum absolute atomic E-state index is 3.89. The molecule has 110 valence electrons. The van der Waals surface area contributed by atoms with Crippen LogP contribution in [0.15, 0.2) is 30.3 Å². The molecule has 20 heavy (non-hydrogen) atoms. The van der Waals surface area contributed by atoms with Crippen molar-refractivity contribution in [2.45, 2.75) is 63.6 Å². The van der Waals surface area contributed by atoms with E-state index in [4.69, 9.17) is 0 Å². The second-order valence-corrected chi connectivity index (χ2v) is 7.46. The summed E-state index contributed by atoms with van der Waals surface area (Å²) in [7, 11) is 0. The van der Waals surface area contributed by atoms with Gasteiger partial charge in [0.2, 0.25) is 0 Å². The molecular weight excluding hydrogens is 244 g/mol. The molecule has 1 aliphatic carbocycles. The molecule has 0 bridgehead atoms. The Hall–Kier alpha value is -0.860. The van der Waals surface area contributed by atoms with Gasteiger partial charge in [0.25, 0.3) is 0 Å². The van der Waals surface area contributed by atoms with E-state index in [1.807, 2.05) is 0 Å². The summed E-state index contributed by atoms with van der Waals surface area (Å²) < 4.78 is 0. The van der Waals surface area contributed by atoms with E-state index in [-0.39, 0.29) is 0 Å². The van der Waals surface area contributed by atoms with Crippen molar-refractivity contribution in [1.29, 1.82) is 0 Å². The SMILES string of the molecule is CC(C)(C)N1CCC(NC2C[C@H]2c2ccccc2)CC1. The van der Waals surface area contributed by atoms with Crippen LogP contribution < -0.4 is 5.32 Å². The van der Waals surface area contributed by atoms with Crippen LogP contribution in [0.3, 0.4) is 0 Å². The first kappa shape index (κ1) is 14.1. The summed E-state index contributed by atoms with van der Waals surface area (Å²) in [6.45, 7) is 9.46. The van der Waals surface area contributed by atoms with Crippen molar-refractivity contribution in [2.75, 3.05) is 13.1 Å². The molecule has 2 atom stereocenters. The number of rotatable bonds is 3. The van der Waals surface area contributed by atoms with E-state index in [2.05, 4.69) is 61.3 Å². The first-order chi connectivity index (χ1) is 9.54. The Morgan fingerprint density at radius 1 is 1.05 bits per heavy atom. The van der Waals surface area contributed by atoms with E-state index in [0.717, 1.165) is 18.0 Å². The van der Waals surface area contributed by atoms with E-state index in [1.165, 1.54) is 37.9 Å². The van der Waals surface area contributed by atoms with Gasteiger partial charge in [-0.1, -0.05) is 30.3 Å². The zero-order valence-corrected chi connectivity index (χ0v) is 13.1. The molecule has 1 aromatic carbocycles. The van der Waals surface area contributed by atoms with Gasteiger partial charge < -0.3 is 5.32 Å². The Morgan fingerprint density at radius 3 is 2.30 bits per heavy atom. The van der Waals surface area contributed by atoms with Crippen molar-refractivity contribution >= 4 is 0 Å². The monoisotopic (exact) mass is 272 g/mol. The number of hydrogen-bond donors (Lipinski definition) is 1. The Balaban J connectivity index is 1.46. The summed E-state index contributed by atoms with van der Waals surface area (Å²) in [6.07, 6.45) is 3.92. The Bertz CT molecular complexity index is 426. The summed E-state index contributed by atoms with van der Waals surface area (Å²) >= 11 is 0. The Morgan fingerprint density at radius 2 is 1.70 bits per heavy atom. The van der Waals surface area contributed by atoms with Crippen LogP contribution in [0, 0.1) is 0 Å². The van der Waals surface area contributed by atoms with Crippen LogP contribution in [0.5, 0.6) is 0 Å². The second kappa shape index (κ2) is 5.50. The maximum Gasteiger partial charge on any atom is 0.0145 e. The molecule has 1 unspecified atom stereocenters. The summed E-state index contributed by atoms with van der Waals surface area (Å²) in [4.78, 5) is 2.62. The molecule has 1 saturated carbocycles. The van der Waals surface area contributed by atoms with Gasteiger partial charge in [-0.15, -0.1) is 0 Å². The van der Waals surface area contributed by atoms with Crippen LogP contribution in [0.4, 0.5) is 0 Å². The summed E-state index contributed by atoms with van der Waals surface area (Å²) in [5, 5.41) is 3.89. The molecule has 1 N–H and O–H groups in total. The number of likely N-dealkylation sites (tertiary alicyclic amines) is 1. The summed E-state index contributed by atoms with van der Waals surface area (Å²) in [5.41, 5.74) is 1.84. The highest BCUT2D eigenvalue weighted by Gasteiger charge is 2.40. The van der Waals surface area contributed by atoms with Gasteiger partial charge >= 0.3 is 0 Å². The second-order valence-electron chi connectivity index (χ2n) is 7.46. The lowest BCUT2D eigenvalue weighted by Gasteiger charge is -2.41. The van der Waals surface area contributed by atoms with Crippen LogP contribution in [0.2, 0.25) is 0 Å². The molecule has 0 aromatic heterocycles. The van der Waals surface area contributed by atoms with Gasteiger partial charge in [0.1, 0.15) is 0 Å². The highest BCUT2D eigenvalue weighted by Crippen LogP contribution is 2.41. The average Bonchev–Trinajstić information content (AvgIpc) is 3.19. The molecule has 1 aliphatic heterocycles. The third-order valence-electron chi connectivity index (χ3n) is 4.91. The first-order valence-electron chi connectivity index (χ1n) is 8.10. The number of benzene rings is 1. The van der Waals surface area contributed by atoms with Crippen molar-refractivity contribution in [1.82, 2.24) is 10.2 Å². The Kier molecular flexibility index (Phi) is 3.87. The van der Waals surface area contributed by atoms with Gasteiger partial charge in [-0.05, 0) is 45.6 Å². The summed E-state index contributed by atoms with van der Waals surface area (Å²) in [5.74, 6) is 0.761. The Labute approximate surface area is 123 Å². The van der Waals surface area contributed by atoms with E-state index < -0.39 is 0 Å². The van der Waals surface area contributed by atoms with E-state index >= 15 is 0 Å². The predicted molar refractivity (Wildman–Crippen MR) is 85.1 cm³/mol. The molecule has 2 aliphatic rings. The molecule has 2 fully saturated rings. The standard InChI is InChI=1S/C18H28N2/c1-18(2,3)20-11-9-15(10-12-20)19-17-13-16(17)14-7-5-4-6-8-14/h4-8,15-17,19H,9-13H2,1-3H3/t16-,17?/m0/s1. The van der Waals surface area contributed by atoms with Crippen LogP contribution in [-0.4, -0.2) is 35.6 Å². The third kappa shape index (κ3) is 3.24. The minimum absolute atomic E-state index is 0.330. The van der Waals surface area contributed by atoms with Crippen LogP contribution in [0.1, 0.15) is 51.5 Å². The smallest absolute Gasteiger partial charge is 0.0145 e. The van der Waals surface area contributed by atoms with Crippen molar-refractivity contribution in [3.63, 3.8) is 0 Å². The van der Waals surface area contributed by atoms with Gasteiger partial charge in [-0.3, -0.25) is 4.90 Å². The van der Waals surface area contributed by atoms with Gasteiger partial charge in [0, 0.05) is 36.6 Å². The minimum atomic E-state index is 0.330. The fourth-order valence-corrected chi connectivity index (χ4v) is 3.47. The lowest BCUT2D eigenvalue weighted by atomic mass is 9.98. The van der Waals surface area contributed by atoms with Crippen molar-refractivity contribution in [3.05, 3.63) is 35.9 Å². The average molecular weight is 272 g/mol. The topological polar surface area (TPSA) is 15.3 Å². The normalized spacial score (nSPS) is 28.6. The molecule has 1 aromatic rings.